The fourth-order valence-electron chi connectivity index (χ4n) is 12.0. The number of carbonyl (C=O) groups is 3. The molecule has 0 aromatic heterocycles. The van der Waals surface area contributed by atoms with Gasteiger partial charge < -0.3 is 33.2 Å². The standard InChI is InChI=1S/C72H138O10/c1-8-15-33-45-63(46-34-16-9-2)54-60-76-67(73)51-39-27-21-24-30-42-57-79-70-66(14-7)82-72(81-59-44-32-26-23-29-41-53-69(75)78-62-56-65(49-37-19-12-5)50-38-20-13-6)71(70)80-58-43-31-25-22-28-40-52-68(74)77-61-55-64(47-35-17-10-3)48-36-18-11-4/h63-66,70-72H,8-62H2,1-7H3/t66-,70?,71+,72-/m1/s1. The zero-order valence-corrected chi connectivity index (χ0v) is 55.5. The lowest BCUT2D eigenvalue weighted by molar-refractivity contribution is -0.179. The first-order valence-electron chi connectivity index (χ1n) is 36.2. The third-order valence-corrected chi connectivity index (χ3v) is 17.6. The molecule has 1 saturated heterocycles. The lowest BCUT2D eigenvalue weighted by atomic mass is 9.92. The second-order valence-corrected chi connectivity index (χ2v) is 25.2. The fraction of sp³-hybridized carbons (Fsp3) is 0.958. The quantitative estimate of drug-likeness (QED) is 0.0331. The van der Waals surface area contributed by atoms with Gasteiger partial charge in [-0.2, -0.15) is 0 Å². The lowest BCUT2D eigenvalue weighted by Crippen LogP contribution is -2.39. The highest BCUT2D eigenvalue weighted by Crippen LogP contribution is 2.31. The van der Waals surface area contributed by atoms with Crippen LogP contribution in [0.5, 0.6) is 0 Å². The number of hydrogen-bond acceptors (Lipinski definition) is 10. The predicted octanol–water partition coefficient (Wildman–Crippen LogP) is 21.2. The first-order valence-corrected chi connectivity index (χ1v) is 36.2. The summed E-state index contributed by atoms with van der Waals surface area (Å²) in [6.45, 7) is 19.4. The fourth-order valence-corrected chi connectivity index (χ4v) is 12.0. The van der Waals surface area contributed by atoms with Crippen LogP contribution in [-0.4, -0.2) is 82.2 Å². The molecule has 0 amide bonds. The predicted molar refractivity (Wildman–Crippen MR) is 343 cm³/mol. The van der Waals surface area contributed by atoms with E-state index in [1.54, 1.807) is 0 Å². The summed E-state index contributed by atoms with van der Waals surface area (Å²) in [4.78, 5) is 37.6. The second kappa shape index (κ2) is 59.6. The van der Waals surface area contributed by atoms with E-state index in [1.165, 1.54) is 154 Å². The van der Waals surface area contributed by atoms with Crippen LogP contribution in [0.25, 0.3) is 0 Å². The molecule has 0 saturated carbocycles. The molecule has 0 radical (unpaired) electrons. The molecule has 1 unspecified atom stereocenters. The van der Waals surface area contributed by atoms with Crippen molar-refractivity contribution in [1.82, 2.24) is 0 Å². The summed E-state index contributed by atoms with van der Waals surface area (Å²) in [7, 11) is 0. The van der Waals surface area contributed by atoms with Gasteiger partial charge in [-0.05, 0) is 82.0 Å². The van der Waals surface area contributed by atoms with Crippen molar-refractivity contribution < 1.29 is 47.5 Å². The third-order valence-electron chi connectivity index (χ3n) is 17.6. The monoisotopic (exact) mass is 1160 g/mol. The summed E-state index contributed by atoms with van der Waals surface area (Å²) in [6.07, 6.45) is 53.9. The summed E-state index contributed by atoms with van der Waals surface area (Å²) in [5, 5.41) is 0. The largest absolute Gasteiger partial charge is 0.466 e. The molecular formula is C72H138O10. The van der Waals surface area contributed by atoms with E-state index in [0.717, 1.165) is 141 Å². The van der Waals surface area contributed by atoms with Gasteiger partial charge in [0.25, 0.3) is 0 Å². The number of esters is 3. The molecule has 10 heteroatoms. The van der Waals surface area contributed by atoms with Crippen LogP contribution in [-0.2, 0) is 47.5 Å². The van der Waals surface area contributed by atoms with Crippen LogP contribution >= 0.6 is 0 Å². The van der Waals surface area contributed by atoms with Gasteiger partial charge in [0.05, 0.1) is 25.9 Å². The van der Waals surface area contributed by atoms with E-state index in [0.29, 0.717) is 76.7 Å². The molecule has 1 rings (SSSR count). The van der Waals surface area contributed by atoms with Gasteiger partial charge in [-0.15, -0.1) is 0 Å². The summed E-state index contributed by atoms with van der Waals surface area (Å²) in [5.41, 5.74) is 0. The minimum absolute atomic E-state index is 0.0282. The minimum atomic E-state index is -0.443. The van der Waals surface area contributed by atoms with Crippen molar-refractivity contribution in [2.24, 2.45) is 17.8 Å². The smallest absolute Gasteiger partial charge is 0.305 e. The van der Waals surface area contributed by atoms with Gasteiger partial charge in [-0.3, -0.25) is 14.4 Å². The molecule has 1 heterocycles. The maximum absolute atomic E-state index is 12.6. The molecular weight excluding hydrogens is 1020 g/mol. The van der Waals surface area contributed by atoms with E-state index in [1.807, 2.05) is 0 Å². The second-order valence-electron chi connectivity index (χ2n) is 25.2. The van der Waals surface area contributed by atoms with E-state index in [4.69, 9.17) is 33.2 Å². The number of hydrogen-bond donors (Lipinski definition) is 0. The molecule has 0 aliphatic carbocycles. The van der Waals surface area contributed by atoms with Crippen molar-refractivity contribution in [1.29, 1.82) is 0 Å². The maximum Gasteiger partial charge on any atom is 0.305 e. The van der Waals surface area contributed by atoms with E-state index >= 15 is 0 Å². The van der Waals surface area contributed by atoms with Gasteiger partial charge >= 0.3 is 17.9 Å². The molecule has 0 bridgehead atoms. The topological polar surface area (TPSA) is 116 Å². The molecule has 0 spiro atoms. The van der Waals surface area contributed by atoms with E-state index in [-0.39, 0.29) is 36.2 Å². The van der Waals surface area contributed by atoms with Gasteiger partial charge in [-0.25, -0.2) is 0 Å². The highest BCUT2D eigenvalue weighted by molar-refractivity contribution is 5.69. The SMILES string of the molecule is CCCCCC(CCCCC)CCOC(=O)CCCCCCCCOC1[C@@H](CC)O[C@@H](OCCCCCCCCC(=O)OCCC(CCCCC)CCCCC)[C@H]1OCCCCCCCCC(=O)OCCC(CCCCC)CCCCC. The van der Waals surface area contributed by atoms with Crippen LogP contribution < -0.4 is 0 Å². The summed E-state index contributed by atoms with van der Waals surface area (Å²) < 4.78 is 43.4. The Hall–Kier alpha value is -1.75. The molecule has 0 aromatic rings. The Morgan fingerprint density at radius 2 is 0.561 bits per heavy atom. The molecule has 4 atom stereocenters. The number of rotatable bonds is 64. The Kier molecular flexibility index (Phi) is 56.9. The van der Waals surface area contributed by atoms with Crippen LogP contribution in [0.1, 0.15) is 363 Å². The van der Waals surface area contributed by atoms with Crippen LogP contribution in [0.3, 0.4) is 0 Å². The van der Waals surface area contributed by atoms with Gasteiger partial charge in [-0.1, -0.05) is 280 Å². The number of ether oxygens (including phenoxy) is 7. The zero-order chi connectivity index (χ0) is 59.6. The van der Waals surface area contributed by atoms with Crippen molar-refractivity contribution in [3.63, 3.8) is 0 Å². The Balaban J connectivity index is 2.53. The van der Waals surface area contributed by atoms with Gasteiger partial charge in [0, 0.05) is 39.1 Å². The average Bonchev–Trinajstić information content (AvgIpc) is 4.07. The summed E-state index contributed by atoms with van der Waals surface area (Å²) in [5.74, 6) is 1.98. The molecule has 486 valence electrons. The summed E-state index contributed by atoms with van der Waals surface area (Å²) >= 11 is 0. The highest BCUT2D eigenvalue weighted by atomic mass is 16.7. The van der Waals surface area contributed by atoms with E-state index in [2.05, 4.69) is 48.5 Å². The molecule has 0 aromatic carbocycles. The van der Waals surface area contributed by atoms with Crippen LogP contribution in [0.15, 0.2) is 0 Å². The number of unbranched alkanes of at least 4 members (excludes halogenated alkanes) is 27. The minimum Gasteiger partial charge on any atom is -0.466 e. The van der Waals surface area contributed by atoms with Crippen molar-refractivity contribution in [2.75, 3.05) is 39.6 Å². The van der Waals surface area contributed by atoms with Crippen LogP contribution in [0, 0.1) is 17.8 Å². The first kappa shape index (κ1) is 78.3. The maximum atomic E-state index is 12.6. The van der Waals surface area contributed by atoms with Crippen molar-refractivity contribution in [2.45, 2.75) is 388 Å². The summed E-state index contributed by atoms with van der Waals surface area (Å²) in [6, 6.07) is 0. The first-order chi connectivity index (χ1) is 40.3. The van der Waals surface area contributed by atoms with E-state index < -0.39 is 6.29 Å². The molecule has 1 fully saturated rings. The van der Waals surface area contributed by atoms with Crippen molar-refractivity contribution in [3.8, 4) is 0 Å². The molecule has 82 heavy (non-hydrogen) atoms. The average molecular weight is 1160 g/mol. The highest BCUT2D eigenvalue weighted by Gasteiger charge is 2.46. The Bertz CT molecular complexity index is 1350. The van der Waals surface area contributed by atoms with Crippen LogP contribution in [0.2, 0.25) is 0 Å². The Morgan fingerprint density at radius 3 is 0.854 bits per heavy atom. The molecule has 1 aliphatic rings. The lowest BCUT2D eigenvalue weighted by Gasteiger charge is -2.25. The van der Waals surface area contributed by atoms with E-state index in [9.17, 15) is 14.4 Å². The van der Waals surface area contributed by atoms with Crippen LogP contribution in [0.4, 0.5) is 0 Å². The molecule has 10 nitrogen and oxygen atoms in total. The molecule has 0 N–H and O–H groups in total. The number of carbonyl (C=O) groups excluding carboxylic acids is 3. The Labute approximate surface area is 508 Å². The Morgan fingerprint density at radius 1 is 0.293 bits per heavy atom. The zero-order valence-electron chi connectivity index (χ0n) is 55.5. The third kappa shape index (κ3) is 46.5. The molecule has 1 aliphatic heterocycles. The van der Waals surface area contributed by atoms with Gasteiger partial charge in [0.15, 0.2) is 6.29 Å². The van der Waals surface area contributed by atoms with Crippen molar-refractivity contribution in [3.05, 3.63) is 0 Å². The van der Waals surface area contributed by atoms with Gasteiger partial charge in [0.2, 0.25) is 0 Å². The van der Waals surface area contributed by atoms with Crippen molar-refractivity contribution >= 4 is 17.9 Å². The normalized spacial score (nSPS) is 16.3. The van der Waals surface area contributed by atoms with Gasteiger partial charge in [0.1, 0.15) is 12.2 Å².